The molecule has 0 saturated carbocycles. The van der Waals surface area contributed by atoms with Crippen LogP contribution in [0.3, 0.4) is 0 Å². The van der Waals surface area contributed by atoms with Crippen molar-refractivity contribution in [3.8, 4) is 0 Å². The molecule has 0 radical (unpaired) electrons. The van der Waals surface area contributed by atoms with Gasteiger partial charge < -0.3 is 5.11 Å². The zero-order valence-corrected chi connectivity index (χ0v) is 7.77. The van der Waals surface area contributed by atoms with Crippen molar-refractivity contribution in [1.29, 1.82) is 0 Å². The summed E-state index contributed by atoms with van der Waals surface area (Å²) >= 11 is 0. The molecule has 1 heterocycles. The molecular weight excluding hydrogens is 174 g/mol. The lowest BCUT2D eigenvalue weighted by atomic mass is 10.1. The van der Waals surface area contributed by atoms with Gasteiger partial charge in [-0.25, -0.2) is 0 Å². The Labute approximate surface area is 82.2 Å². The third-order valence-corrected chi connectivity index (χ3v) is 2.85. The first-order valence-corrected chi connectivity index (χ1v) is 4.91. The van der Waals surface area contributed by atoms with Crippen LogP contribution in [0.1, 0.15) is 23.8 Å². The number of hydrogen-bond acceptors (Lipinski definition) is 2. The van der Waals surface area contributed by atoms with E-state index in [1.807, 2.05) is 24.3 Å². The van der Waals surface area contributed by atoms with Gasteiger partial charge in [0.05, 0.1) is 11.6 Å². The van der Waals surface area contributed by atoms with Gasteiger partial charge in [-0.3, -0.25) is 4.98 Å². The monoisotopic (exact) mass is 185 g/mol. The standard InChI is InChI=1S/C12H11NO/c14-12-6-5-11-9(12)7-8-3-1-2-4-10(8)13-11/h1-4,7,12,14H,5-6H2. The topological polar surface area (TPSA) is 33.1 Å². The van der Waals surface area contributed by atoms with Crippen LogP contribution in [0.15, 0.2) is 30.3 Å². The van der Waals surface area contributed by atoms with Gasteiger partial charge in [-0.05, 0) is 25.0 Å². The van der Waals surface area contributed by atoms with Crippen molar-refractivity contribution < 1.29 is 5.11 Å². The lowest BCUT2D eigenvalue weighted by Crippen LogP contribution is -1.92. The van der Waals surface area contributed by atoms with E-state index in [1.165, 1.54) is 0 Å². The molecule has 1 atom stereocenters. The SMILES string of the molecule is OC1CCc2nc3ccccc3cc21. The number of nitrogens with zero attached hydrogens (tertiary/aromatic N) is 1. The molecule has 14 heavy (non-hydrogen) atoms. The number of benzene rings is 1. The van der Waals surface area contributed by atoms with E-state index in [9.17, 15) is 5.11 Å². The van der Waals surface area contributed by atoms with Gasteiger partial charge in [-0.2, -0.15) is 0 Å². The molecule has 1 aromatic heterocycles. The molecule has 2 nitrogen and oxygen atoms in total. The fourth-order valence-corrected chi connectivity index (χ4v) is 2.09. The van der Waals surface area contributed by atoms with E-state index in [4.69, 9.17) is 0 Å². The minimum Gasteiger partial charge on any atom is -0.388 e. The van der Waals surface area contributed by atoms with Crippen molar-refractivity contribution >= 4 is 10.9 Å². The summed E-state index contributed by atoms with van der Waals surface area (Å²) in [6.07, 6.45) is 1.42. The number of aryl methyl sites for hydroxylation is 1. The predicted octanol–water partition coefficient (Wildman–Crippen LogP) is 2.21. The van der Waals surface area contributed by atoms with Crippen LogP contribution >= 0.6 is 0 Å². The number of pyridine rings is 1. The molecule has 1 aromatic carbocycles. The van der Waals surface area contributed by atoms with Crippen molar-refractivity contribution in [1.82, 2.24) is 4.98 Å². The molecule has 0 spiro atoms. The first kappa shape index (κ1) is 7.94. The van der Waals surface area contributed by atoms with Crippen molar-refractivity contribution in [3.05, 3.63) is 41.6 Å². The van der Waals surface area contributed by atoms with Crippen molar-refractivity contribution in [2.45, 2.75) is 18.9 Å². The molecule has 1 unspecified atom stereocenters. The normalized spacial score (nSPS) is 19.9. The zero-order chi connectivity index (χ0) is 9.54. The highest BCUT2D eigenvalue weighted by molar-refractivity contribution is 5.79. The van der Waals surface area contributed by atoms with E-state index in [-0.39, 0.29) is 6.10 Å². The van der Waals surface area contributed by atoms with Gasteiger partial charge in [-0.1, -0.05) is 18.2 Å². The van der Waals surface area contributed by atoms with Crippen molar-refractivity contribution in [2.75, 3.05) is 0 Å². The van der Waals surface area contributed by atoms with E-state index in [2.05, 4.69) is 11.1 Å². The number of aliphatic hydroxyl groups is 1. The van der Waals surface area contributed by atoms with E-state index in [0.29, 0.717) is 0 Å². The van der Waals surface area contributed by atoms with Crippen LogP contribution < -0.4 is 0 Å². The molecule has 2 aromatic rings. The van der Waals surface area contributed by atoms with Gasteiger partial charge in [0.25, 0.3) is 0 Å². The first-order chi connectivity index (χ1) is 6.84. The van der Waals surface area contributed by atoms with E-state index >= 15 is 0 Å². The molecule has 0 bridgehead atoms. The van der Waals surface area contributed by atoms with Crippen LogP contribution in [0.2, 0.25) is 0 Å². The Hall–Kier alpha value is -1.41. The average molecular weight is 185 g/mol. The molecule has 0 amide bonds. The smallest absolute Gasteiger partial charge is 0.0811 e. The highest BCUT2D eigenvalue weighted by Gasteiger charge is 2.21. The van der Waals surface area contributed by atoms with Crippen LogP contribution in [0.5, 0.6) is 0 Å². The summed E-state index contributed by atoms with van der Waals surface area (Å²) in [5.74, 6) is 0. The number of aromatic nitrogens is 1. The predicted molar refractivity (Wildman–Crippen MR) is 55.0 cm³/mol. The fraction of sp³-hybridized carbons (Fsp3) is 0.250. The molecule has 3 rings (SSSR count). The van der Waals surface area contributed by atoms with E-state index in [1.54, 1.807) is 0 Å². The Balaban J connectivity index is 2.33. The van der Waals surface area contributed by atoms with Gasteiger partial charge in [0, 0.05) is 16.6 Å². The number of hydrogen-bond donors (Lipinski definition) is 1. The molecule has 1 aliphatic rings. The second-order valence-electron chi connectivity index (χ2n) is 3.77. The van der Waals surface area contributed by atoms with Gasteiger partial charge in [0.15, 0.2) is 0 Å². The summed E-state index contributed by atoms with van der Waals surface area (Å²) in [6, 6.07) is 10.1. The third kappa shape index (κ3) is 1.04. The second-order valence-corrected chi connectivity index (χ2v) is 3.77. The van der Waals surface area contributed by atoms with Gasteiger partial charge in [0.2, 0.25) is 0 Å². The first-order valence-electron chi connectivity index (χ1n) is 4.91. The number of fused-ring (bicyclic) bond motifs is 2. The van der Waals surface area contributed by atoms with Crippen LogP contribution in [0.25, 0.3) is 10.9 Å². The molecule has 70 valence electrons. The maximum atomic E-state index is 9.70. The summed E-state index contributed by atoms with van der Waals surface area (Å²) < 4.78 is 0. The highest BCUT2D eigenvalue weighted by atomic mass is 16.3. The summed E-state index contributed by atoms with van der Waals surface area (Å²) in [7, 11) is 0. The average Bonchev–Trinajstić information content (AvgIpc) is 2.57. The minimum atomic E-state index is -0.304. The summed E-state index contributed by atoms with van der Waals surface area (Å²) in [4.78, 5) is 4.55. The maximum absolute atomic E-state index is 9.70. The summed E-state index contributed by atoms with van der Waals surface area (Å²) in [5.41, 5.74) is 3.11. The van der Waals surface area contributed by atoms with Gasteiger partial charge in [-0.15, -0.1) is 0 Å². The Morgan fingerprint density at radius 3 is 3.07 bits per heavy atom. The number of rotatable bonds is 0. The number of para-hydroxylation sites is 1. The summed E-state index contributed by atoms with van der Waals surface area (Å²) in [5, 5.41) is 10.8. The number of aliphatic hydroxyl groups excluding tert-OH is 1. The van der Waals surface area contributed by atoms with Crippen molar-refractivity contribution in [2.24, 2.45) is 0 Å². The lowest BCUT2D eigenvalue weighted by Gasteiger charge is -2.04. The third-order valence-electron chi connectivity index (χ3n) is 2.85. The van der Waals surface area contributed by atoms with Crippen LogP contribution in [-0.2, 0) is 6.42 Å². The van der Waals surface area contributed by atoms with Crippen LogP contribution in [0.4, 0.5) is 0 Å². The zero-order valence-electron chi connectivity index (χ0n) is 7.77. The van der Waals surface area contributed by atoms with Gasteiger partial charge in [0.1, 0.15) is 0 Å². The minimum absolute atomic E-state index is 0.304. The maximum Gasteiger partial charge on any atom is 0.0811 e. The Morgan fingerprint density at radius 1 is 1.29 bits per heavy atom. The Morgan fingerprint density at radius 2 is 2.14 bits per heavy atom. The van der Waals surface area contributed by atoms with E-state index in [0.717, 1.165) is 35.0 Å². The van der Waals surface area contributed by atoms with Crippen LogP contribution in [0, 0.1) is 0 Å². The molecule has 0 aliphatic heterocycles. The summed E-state index contributed by atoms with van der Waals surface area (Å²) in [6.45, 7) is 0. The molecule has 0 saturated heterocycles. The lowest BCUT2D eigenvalue weighted by molar-refractivity contribution is 0.180. The Kier molecular flexibility index (Phi) is 1.58. The highest BCUT2D eigenvalue weighted by Crippen LogP contribution is 2.31. The molecular formula is C12H11NO. The fourth-order valence-electron chi connectivity index (χ4n) is 2.09. The molecule has 0 fully saturated rings. The molecule has 2 heteroatoms. The quantitative estimate of drug-likeness (QED) is 0.682. The Bertz CT molecular complexity index is 493. The van der Waals surface area contributed by atoms with Crippen molar-refractivity contribution in [3.63, 3.8) is 0 Å². The van der Waals surface area contributed by atoms with Crippen LogP contribution in [-0.4, -0.2) is 10.1 Å². The largest absolute Gasteiger partial charge is 0.388 e. The molecule has 1 aliphatic carbocycles. The molecule has 1 N–H and O–H groups in total. The second kappa shape index (κ2) is 2.79. The van der Waals surface area contributed by atoms with E-state index < -0.39 is 0 Å². The van der Waals surface area contributed by atoms with Gasteiger partial charge >= 0.3 is 0 Å².